The van der Waals surface area contributed by atoms with Gasteiger partial charge in [0.25, 0.3) is 5.89 Å². The van der Waals surface area contributed by atoms with Crippen molar-refractivity contribution in [3.8, 4) is 11.5 Å². The van der Waals surface area contributed by atoms with E-state index in [1.165, 1.54) is 11.5 Å². The lowest BCUT2D eigenvalue weighted by atomic mass is 10.0. The van der Waals surface area contributed by atoms with E-state index < -0.39 is 0 Å². The average Bonchev–Trinajstić information content (AvgIpc) is 3.17. The standard InChI is InChI=1S/C13H18N4O2S/c1-8-9(11(14-2)20-17-8)10-15-12(16-19-10)13(18-3)6-4-5-7-13/h14H,4-7H2,1-3H3. The highest BCUT2D eigenvalue weighted by Crippen LogP contribution is 2.41. The van der Waals surface area contributed by atoms with E-state index in [-0.39, 0.29) is 5.60 Å². The number of nitrogens with one attached hydrogen (secondary N) is 1. The molecule has 20 heavy (non-hydrogen) atoms. The maximum absolute atomic E-state index is 5.69. The molecule has 2 aromatic rings. The van der Waals surface area contributed by atoms with Crippen LogP contribution in [0.3, 0.4) is 0 Å². The molecule has 0 radical (unpaired) electrons. The summed E-state index contributed by atoms with van der Waals surface area (Å²) in [6.07, 6.45) is 4.17. The molecule has 1 fully saturated rings. The molecule has 0 aromatic carbocycles. The highest BCUT2D eigenvalue weighted by molar-refractivity contribution is 7.10. The lowest BCUT2D eigenvalue weighted by molar-refractivity contribution is -0.0178. The summed E-state index contributed by atoms with van der Waals surface area (Å²) in [5.41, 5.74) is 1.41. The number of ether oxygens (including phenoxy) is 1. The molecule has 1 aliphatic rings. The van der Waals surface area contributed by atoms with Crippen LogP contribution in [0.25, 0.3) is 11.5 Å². The molecule has 1 saturated carbocycles. The first-order valence-corrected chi connectivity index (χ1v) is 7.51. The summed E-state index contributed by atoms with van der Waals surface area (Å²) in [7, 11) is 3.58. The quantitative estimate of drug-likeness (QED) is 0.934. The zero-order chi connectivity index (χ0) is 14.2. The van der Waals surface area contributed by atoms with Crippen LogP contribution in [-0.2, 0) is 10.3 Å². The lowest BCUT2D eigenvalue weighted by Gasteiger charge is -2.22. The molecule has 0 saturated heterocycles. The monoisotopic (exact) mass is 294 g/mol. The van der Waals surface area contributed by atoms with Gasteiger partial charge in [-0.3, -0.25) is 0 Å². The van der Waals surface area contributed by atoms with Crippen LogP contribution in [0.2, 0.25) is 0 Å². The molecule has 0 amide bonds. The molecule has 0 atom stereocenters. The zero-order valence-electron chi connectivity index (χ0n) is 11.9. The topological polar surface area (TPSA) is 73.1 Å². The van der Waals surface area contributed by atoms with Gasteiger partial charge >= 0.3 is 0 Å². The molecule has 0 bridgehead atoms. The molecule has 0 unspecified atom stereocenters. The Bertz CT molecular complexity index is 601. The maximum Gasteiger partial charge on any atom is 0.262 e. The number of hydrogen-bond acceptors (Lipinski definition) is 7. The first kappa shape index (κ1) is 13.5. The van der Waals surface area contributed by atoms with Gasteiger partial charge in [-0.1, -0.05) is 5.16 Å². The first-order chi connectivity index (χ1) is 9.70. The van der Waals surface area contributed by atoms with Gasteiger partial charge in [0.2, 0.25) is 5.82 Å². The van der Waals surface area contributed by atoms with Gasteiger partial charge in [-0.05, 0) is 44.1 Å². The molecule has 3 rings (SSSR count). The Labute approximate surface area is 121 Å². The molecule has 2 heterocycles. The second kappa shape index (κ2) is 5.14. The van der Waals surface area contributed by atoms with Crippen LogP contribution >= 0.6 is 11.5 Å². The predicted octanol–water partition coefficient (Wildman–Crippen LogP) is 2.96. The fraction of sp³-hybridized carbons (Fsp3) is 0.615. The average molecular weight is 294 g/mol. The summed E-state index contributed by atoms with van der Waals surface area (Å²) < 4.78 is 15.5. The van der Waals surface area contributed by atoms with Crippen LogP contribution in [0, 0.1) is 6.92 Å². The van der Waals surface area contributed by atoms with Crippen molar-refractivity contribution >= 4 is 16.5 Å². The van der Waals surface area contributed by atoms with E-state index in [4.69, 9.17) is 9.26 Å². The largest absolute Gasteiger partial charge is 0.378 e. The van der Waals surface area contributed by atoms with Crippen LogP contribution in [0.1, 0.15) is 37.2 Å². The minimum absolute atomic E-state index is 0.376. The zero-order valence-corrected chi connectivity index (χ0v) is 12.7. The van der Waals surface area contributed by atoms with Crippen LogP contribution in [-0.4, -0.2) is 28.7 Å². The molecule has 2 aromatic heterocycles. The number of aryl methyl sites for hydroxylation is 1. The molecular formula is C13H18N4O2S. The van der Waals surface area contributed by atoms with Gasteiger partial charge in [0, 0.05) is 14.2 Å². The molecular weight excluding hydrogens is 276 g/mol. The fourth-order valence-corrected chi connectivity index (χ4v) is 3.50. The number of methoxy groups -OCH3 is 1. The first-order valence-electron chi connectivity index (χ1n) is 6.74. The second-order valence-electron chi connectivity index (χ2n) is 5.05. The second-order valence-corrected chi connectivity index (χ2v) is 5.82. The highest BCUT2D eigenvalue weighted by atomic mass is 32.1. The van der Waals surface area contributed by atoms with Crippen molar-refractivity contribution in [3.05, 3.63) is 11.5 Å². The summed E-state index contributed by atoms with van der Waals surface area (Å²) in [6, 6.07) is 0. The van der Waals surface area contributed by atoms with Crippen molar-refractivity contribution in [1.29, 1.82) is 0 Å². The third-order valence-corrected chi connectivity index (χ3v) is 4.90. The Morgan fingerprint density at radius 3 is 2.75 bits per heavy atom. The Morgan fingerprint density at radius 1 is 1.35 bits per heavy atom. The van der Waals surface area contributed by atoms with Crippen molar-refractivity contribution in [3.63, 3.8) is 0 Å². The van der Waals surface area contributed by atoms with Crippen LogP contribution < -0.4 is 5.32 Å². The van der Waals surface area contributed by atoms with E-state index in [1.54, 1.807) is 7.11 Å². The number of nitrogens with zero attached hydrogens (tertiary/aromatic N) is 3. The van der Waals surface area contributed by atoms with Crippen LogP contribution in [0.15, 0.2) is 4.52 Å². The SMILES string of the molecule is CNc1snc(C)c1-c1nc(C2(OC)CCCC2)no1. The van der Waals surface area contributed by atoms with E-state index in [0.29, 0.717) is 11.7 Å². The molecule has 1 N–H and O–H groups in total. The number of hydrogen-bond donors (Lipinski definition) is 1. The van der Waals surface area contributed by atoms with Gasteiger partial charge in [-0.2, -0.15) is 9.36 Å². The third kappa shape index (κ3) is 2.01. The minimum Gasteiger partial charge on any atom is -0.378 e. The van der Waals surface area contributed by atoms with Crippen molar-refractivity contribution in [2.24, 2.45) is 0 Å². The van der Waals surface area contributed by atoms with E-state index in [1.807, 2.05) is 14.0 Å². The summed E-state index contributed by atoms with van der Waals surface area (Å²) in [6.45, 7) is 1.94. The maximum atomic E-state index is 5.69. The van der Waals surface area contributed by atoms with E-state index in [0.717, 1.165) is 41.9 Å². The van der Waals surface area contributed by atoms with Crippen LogP contribution in [0.4, 0.5) is 5.00 Å². The molecule has 108 valence electrons. The highest BCUT2D eigenvalue weighted by Gasteiger charge is 2.40. The Hall–Kier alpha value is -1.47. The number of aromatic nitrogens is 3. The molecule has 0 spiro atoms. The van der Waals surface area contributed by atoms with E-state index in [9.17, 15) is 0 Å². The van der Waals surface area contributed by atoms with E-state index >= 15 is 0 Å². The third-order valence-electron chi connectivity index (χ3n) is 3.94. The lowest BCUT2D eigenvalue weighted by Crippen LogP contribution is -2.25. The summed E-state index contributed by atoms with van der Waals surface area (Å²) in [4.78, 5) is 4.57. The smallest absolute Gasteiger partial charge is 0.262 e. The van der Waals surface area contributed by atoms with Crippen molar-refractivity contribution < 1.29 is 9.26 Å². The Kier molecular flexibility index (Phi) is 3.47. The Balaban J connectivity index is 2.00. The Morgan fingerprint density at radius 2 is 2.10 bits per heavy atom. The van der Waals surface area contributed by atoms with Crippen LogP contribution in [0.5, 0.6) is 0 Å². The van der Waals surface area contributed by atoms with Gasteiger partial charge in [0.05, 0.1) is 11.3 Å². The molecule has 7 heteroatoms. The molecule has 1 aliphatic carbocycles. The summed E-state index contributed by atoms with van der Waals surface area (Å²) >= 11 is 1.40. The van der Waals surface area contributed by atoms with Gasteiger partial charge < -0.3 is 14.6 Å². The number of anilines is 1. The molecule has 0 aliphatic heterocycles. The normalized spacial score (nSPS) is 17.6. The number of rotatable bonds is 4. The van der Waals surface area contributed by atoms with Gasteiger partial charge in [-0.15, -0.1) is 0 Å². The summed E-state index contributed by atoms with van der Waals surface area (Å²) in [5, 5.41) is 8.21. The van der Waals surface area contributed by atoms with Crippen molar-refractivity contribution in [2.45, 2.75) is 38.2 Å². The molecule has 6 nitrogen and oxygen atoms in total. The van der Waals surface area contributed by atoms with Gasteiger partial charge in [0.1, 0.15) is 10.6 Å². The van der Waals surface area contributed by atoms with E-state index in [2.05, 4.69) is 19.8 Å². The van der Waals surface area contributed by atoms with Gasteiger partial charge in [0.15, 0.2) is 0 Å². The van der Waals surface area contributed by atoms with Crippen molar-refractivity contribution in [2.75, 3.05) is 19.5 Å². The van der Waals surface area contributed by atoms with Crippen molar-refractivity contribution in [1.82, 2.24) is 14.5 Å². The predicted molar refractivity (Wildman–Crippen MR) is 76.8 cm³/mol. The summed E-state index contributed by atoms with van der Waals surface area (Å²) in [5.74, 6) is 1.17. The van der Waals surface area contributed by atoms with Gasteiger partial charge in [-0.25, -0.2) is 0 Å². The fourth-order valence-electron chi connectivity index (χ4n) is 2.77. The minimum atomic E-state index is -0.376.